The molecule has 0 spiro atoms. The van der Waals surface area contributed by atoms with E-state index in [9.17, 15) is 9.59 Å². The summed E-state index contributed by atoms with van der Waals surface area (Å²) in [6.07, 6.45) is -0.723. The Bertz CT molecular complexity index is 1370. The molecule has 0 aromatic heterocycles. The zero-order valence-corrected chi connectivity index (χ0v) is 22.8. The van der Waals surface area contributed by atoms with E-state index < -0.39 is 11.8 Å². The first kappa shape index (κ1) is 27.5. The molecular formula is C31H33NO8. The summed E-state index contributed by atoms with van der Waals surface area (Å²) < 4.78 is 28.7. The highest BCUT2D eigenvalue weighted by atomic mass is 16.7. The third-order valence-corrected chi connectivity index (χ3v) is 7.00. The van der Waals surface area contributed by atoms with Gasteiger partial charge in [-0.1, -0.05) is 30.3 Å². The molecule has 210 valence electrons. The maximum absolute atomic E-state index is 12.8. The summed E-state index contributed by atoms with van der Waals surface area (Å²) in [6.45, 7) is 7.63. The Balaban J connectivity index is 1.11. The van der Waals surface area contributed by atoms with Gasteiger partial charge < -0.3 is 28.8 Å². The molecule has 2 aliphatic rings. The summed E-state index contributed by atoms with van der Waals surface area (Å²) in [5.41, 5.74) is 3.84. The van der Waals surface area contributed by atoms with Crippen molar-refractivity contribution < 1.29 is 38.4 Å². The van der Waals surface area contributed by atoms with Gasteiger partial charge in [-0.3, -0.25) is 4.90 Å². The van der Waals surface area contributed by atoms with Gasteiger partial charge in [-0.15, -0.1) is 0 Å². The van der Waals surface area contributed by atoms with E-state index in [1.165, 1.54) is 0 Å². The van der Waals surface area contributed by atoms with E-state index in [2.05, 4.69) is 0 Å². The summed E-state index contributed by atoms with van der Waals surface area (Å²) in [7, 11) is 0. The molecule has 2 atom stereocenters. The Labute approximate surface area is 233 Å². The number of carbonyl (C=O) groups excluding carboxylic acids is 1. The van der Waals surface area contributed by atoms with E-state index in [0.29, 0.717) is 38.7 Å². The lowest BCUT2D eigenvalue weighted by Gasteiger charge is -2.32. The van der Waals surface area contributed by atoms with Crippen LogP contribution in [0.1, 0.15) is 65.5 Å². The Morgan fingerprint density at radius 3 is 2.67 bits per heavy atom. The molecule has 9 heteroatoms. The first-order valence-electron chi connectivity index (χ1n) is 13.2. The van der Waals surface area contributed by atoms with Crippen molar-refractivity contribution in [3.8, 4) is 11.5 Å². The molecule has 0 bridgehead atoms. The fourth-order valence-corrected chi connectivity index (χ4v) is 4.75. The van der Waals surface area contributed by atoms with E-state index in [4.69, 9.17) is 28.8 Å². The van der Waals surface area contributed by atoms with Crippen molar-refractivity contribution in [2.75, 3.05) is 19.8 Å². The van der Waals surface area contributed by atoms with E-state index in [1.807, 2.05) is 69.3 Å². The van der Waals surface area contributed by atoms with Crippen LogP contribution < -0.4 is 9.47 Å². The molecule has 40 heavy (non-hydrogen) atoms. The topological polar surface area (TPSA) is 104 Å². The second-order valence-electron chi connectivity index (χ2n) is 10.3. The van der Waals surface area contributed by atoms with E-state index in [1.54, 1.807) is 23.1 Å². The molecule has 9 nitrogen and oxygen atoms in total. The number of hydrogen-bond donors (Lipinski definition) is 1. The number of amides is 1. The molecule has 1 fully saturated rings. The summed E-state index contributed by atoms with van der Waals surface area (Å²) in [5, 5.41) is 9.09. The van der Waals surface area contributed by atoms with Crippen LogP contribution in [0, 0.1) is 0 Å². The largest absolute Gasteiger partial charge is 0.491 e. The van der Waals surface area contributed by atoms with Gasteiger partial charge in [0.05, 0.1) is 38.0 Å². The number of aromatic carboxylic acids is 1. The number of ether oxygens (including phenoxy) is 5. The number of carboxylic acids is 1. The number of benzene rings is 3. The number of hydrogen-bond acceptors (Lipinski definition) is 7. The lowest BCUT2D eigenvalue weighted by atomic mass is 10.0. The molecule has 0 saturated carbocycles. The number of cyclic esters (lactones) is 1. The first-order valence-corrected chi connectivity index (χ1v) is 13.2. The normalized spacial score (nSPS) is 18.4. The molecule has 0 radical (unpaired) electrons. The molecule has 2 unspecified atom stereocenters. The van der Waals surface area contributed by atoms with Gasteiger partial charge >= 0.3 is 12.1 Å². The molecule has 0 aliphatic carbocycles. The van der Waals surface area contributed by atoms with Crippen LogP contribution in [0.5, 0.6) is 11.5 Å². The highest BCUT2D eigenvalue weighted by Gasteiger charge is 2.36. The second-order valence-corrected chi connectivity index (χ2v) is 10.3. The van der Waals surface area contributed by atoms with Gasteiger partial charge in [0.25, 0.3) is 0 Å². The minimum atomic E-state index is -0.964. The van der Waals surface area contributed by atoms with Gasteiger partial charge in [0, 0.05) is 19.4 Å². The Morgan fingerprint density at radius 2 is 1.90 bits per heavy atom. The quantitative estimate of drug-likeness (QED) is 0.314. The fourth-order valence-electron chi connectivity index (χ4n) is 4.75. The van der Waals surface area contributed by atoms with Gasteiger partial charge in [0.2, 0.25) is 5.79 Å². The monoisotopic (exact) mass is 547 g/mol. The molecule has 1 amide bonds. The molecular weight excluding hydrogens is 514 g/mol. The number of nitrogens with zero attached hydrogens (tertiary/aromatic N) is 1. The standard InChI is InChI=1S/C31H33NO8/c1-20(32-17-28(39-30(32)35)23-9-12-27-25(16-23)19-38-31(2,3)40-27)22-7-10-26(11-8-22)37-14-13-36-18-21-5-4-6-24(15-21)29(33)34/h4-12,15-16,20,28H,13-14,17-19H2,1-3H3,(H,33,34). The van der Waals surface area contributed by atoms with Crippen LogP contribution in [-0.2, 0) is 27.4 Å². The Kier molecular flexibility index (Phi) is 7.95. The predicted molar refractivity (Wildman–Crippen MR) is 145 cm³/mol. The van der Waals surface area contributed by atoms with Crippen LogP contribution in [0.4, 0.5) is 4.79 Å². The van der Waals surface area contributed by atoms with Crippen LogP contribution in [0.3, 0.4) is 0 Å². The number of carbonyl (C=O) groups is 2. The predicted octanol–water partition coefficient (Wildman–Crippen LogP) is 5.88. The zero-order valence-electron chi connectivity index (χ0n) is 22.8. The Morgan fingerprint density at radius 1 is 1.10 bits per heavy atom. The van der Waals surface area contributed by atoms with Crippen molar-refractivity contribution >= 4 is 12.1 Å². The van der Waals surface area contributed by atoms with Crippen molar-refractivity contribution in [2.24, 2.45) is 0 Å². The van der Waals surface area contributed by atoms with Gasteiger partial charge in [0.15, 0.2) is 0 Å². The average molecular weight is 548 g/mol. The SMILES string of the molecule is CC(c1ccc(OCCOCc2cccc(C(=O)O)c2)cc1)N1CC(c2ccc3c(c2)COC(C)(C)O3)OC1=O. The van der Waals surface area contributed by atoms with E-state index in [-0.39, 0.29) is 23.8 Å². The minimum absolute atomic E-state index is 0.179. The lowest BCUT2D eigenvalue weighted by molar-refractivity contribution is -0.180. The Hall–Kier alpha value is -4.08. The van der Waals surface area contributed by atoms with Crippen LogP contribution in [0.2, 0.25) is 0 Å². The summed E-state index contributed by atoms with van der Waals surface area (Å²) in [5.74, 6) is -0.147. The van der Waals surface area contributed by atoms with Crippen LogP contribution in [-0.4, -0.2) is 47.6 Å². The van der Waals surface area contributed by atoms with Crippen molar-refractivity contribution in [1.82, 2.24) is 4.90 Å². The molecule has 1 N–H and O–H groups in total. The fraction of sp³-hybridized carbons (Fsp3) is 0.355. The molecule has 3 aromatic rings. The number of fused-ring (bicyclic) bond motifs is 1. The maximum atomic E-state index is 12.8. The van der Waals surface area contributed by atoms with Crippen LogP contribution in [0.25, 0.3) is 0 Å². The number of rotatable bonds is 10. The lowest BCUT2D eigenvalue weighted by Crippen LogP contribution is -2.35. The molecule has 1 saturated heterocycles. The zero-order chi connectivity index (χ0) is 28.3. The maximum Gasteiger partial charge on any atom is 0.411 e. The average Bonchev–Trinajstić information content (AvgIpc) is 3.33. The molecule has 3 aromatic carbocycles. The smallest absolute Gasteiger partial charge is 0.411 e. The van der Waals surface area contributed by atoms with Gasteiger partial charge in [-0.05, 0) is 60.0 Å². The van der Waals surface area contributed by atoms with Crippen molar-refractivity contribution in [3.05, 3.63) is 94.5 Å². The number of carboxylic acid groups (broad SMARTS) is 1. The van der Waals surface area contributed by atoms with Crippen LogP contribution in [0.15, 0.2) is 66.7 Å². The third kappa shape index (κ3) is 6.38. The molecule has 2 aliphatic heterocycles. The first-order chi connectivity index (χ1) is 19.2. The minimum Gasteiger partial charge on any atom is -0.491 e. The summed E-state index contributed by atoms with van der Waals surface area (Å²) in [6, 6.07) is 19.9. The van der Waals surface area contributed by atoms with Gasteiger partial charge in [-0.25, -0.2) is 9.59 Å². The second kappa shape index (κ2) is 11.6. The molecule has 5 rings (SSSR count). The van der Waals surface area contributed by atoms with Gasteiger partial charge in [-0.2, -0.15) is 0 Å². The van der Waals surface area contributed by atoms with Crippen molar-refractivity contribution in [1.29, 1.82) is 0 Å². The highest BCUT2D eigenvalue weighted by molar-refractivity contribution is 5.87. The van der Waals surface area contributed by atoms with Crippen molar-refractivity contribution in [3.63, 3.8) is 0 Å². The van der Waals surface area contributed by atoms with Crippen LogP contribution >= 0.6 is 0 Å². The van der Waals surface area contributed by atoms with Gasteiger partial charge in [0.1, 0.15) is 24.2 Å². The third-order valence-electron chi connectivity index (χ3n) is 7.00. The van der Waals surface area contributed by atoms with E-state index in [0.717, 1.165) is 28.0 Å². The van der Waals surface area contributed by atoms with Crippen molar-refractivity contribution in [2.45, 2.75) is 51.9 Å². The summed E-state index contributed by atoms with van der Waals surface area (Å²) >= 11 is 0. The molecule has 2 heterocycles. The highest BCUT2D eigenvalue weighted by Crippen LogP contribution is 2.37. The summed E-state index contributed by atoms with van der Waals surface area (Å²) in [4.78, 5) is 25.6. The van der Waals surface area contributed by atoms with E-state index >= 15 is 0 Å².